The van der Waals surface area contributed by atoms with E-state index in [1.54, 1.807) is 12.4 Å². The number of carbonyl (C=O) groups excluding carboxylic acids is 4. The smallest absolute Gasteiger partial charge is 0.409 e. The highest BCUT2D eigenvalue weighted by atomic mass is 35.5. The summed E-state index contributed by atoms with van der Waals surface area (Å²) in [5.41, 5.74) is 7.48. The van der Waals surface area contributed by atoms with Crippen molar-refractivity contribution in [3.8, 4) is 0 Å². The summed E-state index contributed by atoms with van der Waals surface area (Å²) in [4.78, 5) is 76.4. The Balaban J connectivity index is 1.20. The molecule has 1 atom stereocenters. The van der Waals surface area contributed by atoms with E-state index in [-0.39, 0.29) is 58.5 Å². The second-order valence-electron chi connectivity index (χ2n) is 18.1. The Kier molecular flexibility index (Phi) is 13.8. The number of primary amides is 1. The minimum atomic E-state index is -1.33. The number of halogens is 2. The van der Waals surface area contributed by atoms with E-state index in [4.69, 9.17) is 22.3 Å². The van der Waals surface area contributed by atoms with Crippen molar-refractivity contribution in [2.45, 2.75) is 70.9 Å². The molecule has 5 amide bonds. The Bertz CT molecular complexity index is 2930. The second-order valence-corrected chi connectivity index (χ2v) is 18.5. The number of rotatable bonds is 17. The summed E-state index contributed by atoms with van der Waals surface area (Å²) >= 11 is 6.01. The van der Waals surface area contributed by atoms with Gasteiger partial charge in [-0.1, -0.05) is 136 Å². The maximum atomic E-state index is 15.6. The number of imidazole rings is 1. The highest BCUT2D eigenvalue weighted by Gasteiger charge is 2.47. The van der Waals surface area contributed by atoms with Crippen molar-refractivity contribution in [1.29, 1.82) is 0 Å². The first-order chi connectivity index (χ1) is 33.1. The third-order valence-corrected chi connectivity index (χ3v) is 12.5. The van der Waals surface area contributed by atoms with E-state index in [1.165, 1.54) is 35.0 Å². The van der Waals surface area contributed by atoms with Crippen molar-refractivity contribution < 1.29 is 33.5 Å². The third kappa shape index (κ3) is 10.1. The van der Waals surface area contributed by atoms with Gasteiger partial charge in [0, 0.05) is 35.4 Å². The number of carbonyl (C=O) groups is 5. The van der Waals surface area contributed by atoms with Gasteiger partial charge in [0.25, 0.3) is 11.8 Å². The number of nitrogens with one attached hydrogen (secondary N) is 2. The molecule has 8 rings (SSSR count). The van der Waals surface area contributed by atoms with Crippen LogP contribution < -0.4 is 16.4 Å². The average Bonchev–Trinajstić information content (AvgIpc) is 3.97. The largest absolute Gasteiger partial charge is 0.465 e. The second kappa shape index (κ2) is 19.9. The lowest BCUT2D eigenvalue weighted by atomic mass is 9.77. The first kappa shape index (κ1) is 47.8. The fourth-order valence-electron chi connectivity index (χ4n) is 9.06. The summed E-state index contributed by atoms with van der Waals surface area (Å²) in [5, 5.41) is 18.9. The van der Waals surface area contributed by atoms with Crippen molar-refractivity contribution >= 4 is 57.9 Å². The average molecular weight is 952 g/mol. The molecule has 0 aliphatic heterocycles. The van der Waals surface area contributed by atoms with Crippen LogP contribution in [0, 0.1) is 11.2 Å². The van der Waals surface area contributed by atoms with E-state index in [9.17, 15) is 23.9 Å². The maximum absolute atomic E-state index is 15.6. The summed E-state index contributed by atoms with van der Waals surface area (Å²) < 4.78 is 18.0. The number of hydrogen-bond acceptors (Lipinski definition) is 8. The first-order valence-corrected chi connectivity index (χ1v) is 22.7. The molecule has 0 spiro atoms. The number of fused-ring (bicyclic) bond motifs is 1. The summed E-state index contributed by atoms with van der Waals surface area (Å²) in [6, 6.07) is 37.5. The Morgan fingerprint density at radius 2 is 1.48 bits per heavy atom. The van der Waals surface area contributed by atoms with Crippen LogP contribution in [0.25, 0.3) is 10.9 Å². The van der Waals surface area contributed by atoms with Gasteiger partial charge in [-0.05, 0) is 59.2 Å². The molecule has 7 aromatic rings. The van der Waals surface area contributed by atoms with Crippen LogP contribution in [0.3, 0.4) is 0 Å². The lowest BCUT2D eigenvalue weighted by molar-refractivity contribution is -0.153. The van der Waals surface area contributed by atoms with Crippen molar-refractivity contribution in [2.24, 2.45) is 11.1 Å². The quantitative estimate of drug-likeness (QED) is 0.0658. The molecule has 0 bridgehead atoms. The van der Waals surface area contributed by atoms with Crippen LogP contribution in [0.2, 0.25) is 5.02 Å². The molecule has 1 aliphatic rings. The molecule has 1 fully saturated rings. The zero-order valence-electron chi connectivity index (χ0n) is 38.2. The summed E-state index contributed by atoms with van der Waals surface area (Å²) in [6.45, 7) is 4.36. The van der Waals surface area contributed by atoms with Gasteiger partial charge in [0.2, 0.25) is 11.8 Å². The van der Waals surface area contributed by atoms with Crippen LogP contribution in [0.5, 0.6) is 0 Å². The predicted octanol–water partition coefficient (Wildman–Crippen LogP) is 7.81. The van der Waals surface area contributed by atoms with Crippen LogP contribution in [0.15, 0.2) is 140 Å². The molecular weight excluding hydrogens is 901 g/mol. The van der Waals surface area contributed by atoms with Gasteiger partial charge >= 0.3 is 6.09 Å². The third-order valence-electron chi connectivity index (χ3n) is 12.2. The molecule has 1 saturated carbocycles. The van der Waals surface area contributed by atoms with Gasteiger partial charge in [-0.3, -0.25) is 39.0 Å². The van der Waals surface area contributed by atoms with Crippen LogP contribution in [-0.2, 0) is 39.6 Å². The van der Waals surface area contributed by atoms with E-state index < -0.39 is 59.1 Å². The summed E-state index contributed by atoms with van der Waals surface area (Å²) in [5.74, 6) is -3.34. The molecule has 2 aromatic heterocycles. The van der Waals surface area contributed by atoms with Crippen LogP contribution in [0.1, 0.15) is 72.0 Å². The monoisotopic (exact) mass is 951 g/mol. The molecule has 2 heterocycles. The number of carboxylic acid groups (broad SMARTS) is 1. The number of amides is 5. The van der Waals surface area contributed by atoms with Gasteiger partial charge in [0.05, 0.1) is 41.7 Å². The molecule has 5 aromatic carbocycles. The normalized spacial score (nSPS) is 13.2. The molecule has 5 N–H and O–H groups in total. The molecular formula is C52H51ClFN9O6. The number of aromatic nitrogens is 4. The Hall–Kier alpha value is -7.69. The predicted molar refractivity (Wildman–Crippen MR) is 259 cm³/mol. The van der Waals surface area contributed by atoms with E-state index in [0.717, 1.165) is 21.6 Å². The highest BCUT2D eigenvalue weighted by Crippen LogP contribution is 2.41. The number of nitrogens with zero attached hydrogens (tertiary/aromatic N) is 6. The van der Waals surface area contributed by atoms with Gasteiger partial charge in [0.15, 0.2) is 5.69 Å². The topological polar surface area (TPSA) is 198 Å². The van der Waals surface area contributed by atoms with E-state index in [1.807, 2.05) is 127 Å². The molecule has 0 radical (unpaired) electrons. The van der Waals surface area contributed by atoms with Gasteiger partial charge in [0.1, 0.15) is 17.9 Å². The van der Waals surface area contributed by atoms with Gasteiger partial charge in [-0.25, -0.2) is 14.2 Å². The molecule has 1 aliphatic carbocycles. The highest BCUT2D eigenvalue weighted by molar-refractivity contribution is 6.30. The van der Waals surface area contributed by atoms with Crippen molar-refractivity contribution in [3.63, 3.8) is 0 Å². The number of hydrogen-bond donors (Lipinski definition) is 4. The molecule has 1 unspecified atom stereocenters. The van der Waals surface area contributed by atoms with Crippen LogP contribution in [0.4, 0.5) is 14.9 Å². The lowest BCUT2D eigenvalue weighted by Crippen LogP contribution is -2.58. The Labute approximate surface area is 402 Å². The zero-order valence-corrected chi connectivity index (χ0v) is 38.9. The van der Waals surface area contributed by atoms with Crippen molar-refractivity contribution in [2.75, 3.05) is 11.9 Å². The zero-order chi connectivity index (χ0) is 49.0. The fraction of sp³-hybridized carbons (Fsp3) is 0.250. The number of imide groups is 1. The maximum Gasteiger partial charge on any atom is 0.409 e. The minimum absolute atomic E-state index is 0.0749. The lowest BCUT2D eigenvalue weighted by Gasteiger charge is -2.41. The van der Waals surface area contributed by atoms with Gasteiger partial charge in [-0.2, -0.15) is 5.10 Å². The SMILES string of the molecule is CC(C)(C)C(C(=O)N(Cc1cn(C(c2ccccc2)(c2ccccc2)c2ccccc2)cn1)C(=O)Cn1nc(C(N)=O)c2cc(NC(=O)O)ccc21)N(CC(=O)NCc1cccc(Cl)c1F)C1CC1. The van der Waals surface area contributed by atoms with Crippen molar-refractivity contribution in [3.05, 3.63) is 184 Å². The molecule has 354 valence electrons. The van der Waals surface area contributed by atoms with Gasteiger partial charge < -0.3 is 20.7 Å². The summed E-state index contributed by atoms with van der Waals surface area (Å²) in [6.07, 6.45) is 3.57. The molecule has 15 nitrogen and oxygen atoms in total. The molecule has 0 saturated heterocycles. The first-order valence-electron chi connectivity index (χ1n) is 22.4. The van der Waals surface area contributed by atoms with Crippen LogP contribution in [-0.4, -0.2) is 82.6 Å². The standard InChI is InChI=1S/C52H51ClFN9O6/c1-51(2,3)47(61(39-23-24-39)30-43(64)56-27-33-14-13-21-41(53)45(33)54)49(67)62(44(65)31-63-42-25-22-37(58-50(68)69)26-40(42)46(59-63)48(55)66)29-38-28-60(32-57-38)52(34-15-7-4-8-16-34,35-17-9-5-10-18-35)36-19-11-6-12-20-36/h4-22,25-26,28,32,39,47,58H,23-24,27,29-31H2,1-3H3,(H2,55,66)(H,56,64)(H,68,69). The van der Waals surface area contributed by atoms with Crippen LogP contribution >= 0.6 is 11.6 Å². The summed E-state index contributed by atoms with van der Waals surface area (Å²) in [7, 11) is 0. The molecule has 17 heteroatoms. The number of anilines is 1. The van der Waals surface area contributed by atoms with E-state index in [0.29, 0.717) is 18.5 Å². The van der Waals surface area contributed by atoms with E-state index in [2.05, 4.69) is 15.7 Å². The van der Waals surface area contributed by atoms with E-state index >= 15 is 9.59 Å². The Morgan fingerprint density at radius 3 is 2.03 bits per heavy atom. The van der Waals surface area contributed by atoms with Crippen molar-refractivity contribution in [1.82, 2.24) is 34.4 Å². The number of nitrogens with two attached hydrogens (primary N) is 1. The molecule has 69 heavy (non-hydrogen) atoms. The number of benzene rings is 5. The minimum Gasteiger partial charge on any atom is -0.465 e. The van der Waals surface area contributed by atoms with Gasteiger partial charge in [-0.15, -0.1) is 0 Å². The Morgan fingerprint density at radius 1 is 0.870 bits per heavy atom. The fourth-order valence-corrected chi connectivity index (χ4v) is 9.25.